The molecular weight excluding hydrogens is 212 g/mol. The van der Waals surface area contributed by atoms with Crippen molar-refractivity contribution in [1.29, 1.82) is 0 Å². The molecular formula is C15H20O2. The second-order valence-corrected chi connectivity index (χ2v) is 5.69. The molecule has 1 unspecified atom stereocenters. The second kappa shape index (κ2) is 4.52. The maximum atomic E-state index is 12.1. The molecule has 0 spiro atoms. The fourth-order valence-electron chi connectivity index (χ4n) is 2.82. The Morgan fingerprint density at radius 1 is 1.59 bits per heavy atom. The Morgan fingerprint density at radius 2 is 2.35 bits per heavy atom. The first-order valence-corrected chi connectivity index (χ1v) is 6.24. The average molecular weight is 232 g/mol. The fraction of sp³-hybridized carbons (Fsp3) is 0.533. The van der Waals surface area contributed by atoms with Crippen molar-refractivity contribution in [2.75, 3.05) is 0 Å². The number of carbonyl (C=O) groups is 1. The van der Waals surface area contributed by atoms with Gasteiger partial charge in [-0.1, -0.05) is 26.0 Å². The van der Waals surface area contributed by atoms with Crippen LogP contribution in [0.15, 0.2) is 35.2 Å². The standard InChI is InChI=1S/C15H20O2/c1-11-5-4-7-15(2,3)13(11)9-14(16)12-6-8-17-10-12/h6,8,10,13H,1,4-5,7,9H2,2-3H3. The van der Waals surface area contributed by atoms with E-state index in [4.69, 9.17) is 4.42 Å². The van der Waals surface area contributed by atoms with Gasteiger partial charge in [0.05, 0.1) is 11.8 Å². The number of hydrogen-bond donors (Lipinski definition) is 0. The Labute approximate surface area is 103 Å². The van der Waals surface area contributed by atoms with Gasteiger partial charge >= 0.3 is 0 Å². The highest BCUT2D eigenvalue weighted by molar-refractivity contribution is 5.96. The molecule has 1 heterocycles. The molecule has 1 aromatic heterocycles. The Hall–Kier alpha value is -1.31. The van der Waals surface area contributed by atoms with E-state index in [0.717, 1.165) is 6.42 Å². The topological polar surface area (TPSA) is 30.2 Å². The van der Waals surface area contributed by atoms with E-state index >= 15 is 0 Å². The minimum absolute atomic E-state index is 0.167. The third-order valence-electron chi connectivity index (χ3n) is 3.99. The first-order chi connectivity index (χ1) is 8.00. The third-order valence-corrected chi connectivity index (χ3v) is 3.99. The molecule has 2 nitrogen and oxygen atoms in total. The normalized spacial score (nSPS) is 23.6. The summed E-state index contributed by atoms with van der Waals surface area (Å²) >= 11 is 0. The van der Waals surface area contributed by atoms with Crippen molar-refractivity contribution in [3.63, 3.8) is 0 Å². The van der Waals surface area contributed by atoms with Gasteiger partial charge in [0.15, 0.2) is 5.78 Å². The highest BCUT2D eigenvalue weighted by atomic mass is 16.3. The number of ketones is 1. The molecule has 1 aliphatic carbocycles. The molecule has 17 heavy (non-hydrogen) atoms. The zero-order chi connectivity index (χ0) is 12.5. The summed E-state index contributed by atoms with van der Waals surface area (Å²) in [6, 6.07) is 1.74. The summed E-state index contributed by atoms with van der Waals surface area (Å²) in [7, 11) is 0. The van der Waals surface area contributed by atoms with Crippen molar-refractivity contribution >= 4 is 5.78 Å². The number of carbonyl (C=O) groups excluding carboxylic acids is 1. The molecule has 0 aliphatic heterocycles. The molecule has 0 N–H and O–H groups in total. The molecule has 1 aliphatic rings. The first kappa shape index (κ1) is 12.2. The number of rotatable bonds is 3. The van der Waals surface area contributed by atoms with Gasteiger partial charge in [-0.3, -0.25) is 4.79 Å². The quantitative estimate of drug-likeness (QED) is 0.576. The van der Waals surface area contributed by atoms with Crippen molar-refractivity contribution in [2.45, 2.75) is 39.5 Å². The van der Waals surface area contributed by atoms with E-state index in [1.54, 1.807) is 12.3 Å². The monoisotopic (exact) mass is 232 g/mol. The lowest BCUT2D eigenvalue weighted by Crippen LogP contribution is -2.31. The van der Waals surface area contributed by atoms with E-state index in [1.807, 2.05) is 0 Å². The zero-order valence-corrected chi connectivity index (χ0v) is 10.7. The maximum absolute atomic E-state index is 12.1. The molecule has 0 bridgehead atoms. The summed E-state index contributed by atoms with van der Waals surface area (Å²) in [5.74, 6) is 0.471. The highest BCUT2D eigenvalue weighted by Crippen LogP contribution is 2.45. The van der Waals surface area contributed by atoms with Gasteiger partial charge < -0.3 is 4.42 Å². The van der Waals surface area contributed by atoms with Crippen molar-refractivity contribution in [1.82, 2.24) is 0 Å². The predicted octanol–water partition coefficient (Wildman–Crippen LogP) is 4.23. The van der Waals surface area contributed by atoms with E-state index in [-0.39, 0.29) is 11.2 Å². The van der Waals surface area contributed by atoms with Crippen LogP contribution in [0.5, 0.6) is 0 Å². The summed E-state index contributed by atoms with van der Waals surface area (Å²) < 4.78 is 4.96. The van der Waals surface area contributed by atoms with Crippen LogP contribution in [0.3, 0.4) is 0 Å². The molecule has 0 radical (unpaired) electrons. The molecule has 1 aromatic rings. The fourth-order valence-corrected chi connectivity index (χ4v) is 2.82. The number of furan rings is 1. The molecule has 1 atom stereocenters. The van der Waals surface area contributed by atoms with Gasteiger partial charge in [0.25, 0.3) is 0 Å². The minimum atomic E-state index is 0.167. The summed E-state index contributed by atoms with van der Waals surface area (Å²) in [4.78, 5) is 12.1. The van der Waals surface area contributed by atoms with Gasteiger partial charge in [-0.25, -0.2) is 0 Å². The SMILES string of the molecule is C=C1CCCC(C)(C)C1CC(=O)c1ccoc1. The Kier molecular flexibility index (Phi) is 3.23. The van der Waals surface area contributed by atoms with Gasteiger partial charge in [-0.05, 0) is 36.7 Å². The van der Waals surface area contributed by atoms with Crippen molar-refractivity contribution in [2.24, 2.45) is 11.3 Å². The van der Waals surface area contributed by atoms with E-state index in [1.165, 1.54) is 24.7 Å². The number of allylic oxidation sites excluding steroid dienone is 1. The van der Waals surface area contributed by atoms with Crippen LogP contribution in [-0.2, 0) is 0 Å². The molecule has 0 saturated heterocycles. The Balaban J connectivity index is 2.11. The summed E-state index contributed by atoms with van der Waals surface area (Å²) in [6.45, 7) is 8.63. The van der Waals surface area contributed by atoms with Crippen molar-refractivity contribution < 1.29 is 9.21 Å². The molecule has 1 saturated carbocycles. The average Bonchev–Trinajstić information content (AvgIpc) is 2.76. The van der Waals surface area contributed by atoms with Crippen LogP contribution in [0.2, 0.25) is 0 Å². The Morgan fingerprint density at radius 3 is 2.94 bits per heavy atom. The van der Waals surface area contributed by atoms with Gasteiger partial charge in [-0.15, -0.1) is 0 Å². The molecule has 92 valence electrons. The van der Waals surface area contributed by atoms with Crippen LogP contribution in [0, 0.1) is 11.3 Å². The second-order valence-electron chi connectivity index (χ2n) is 5.69. The zero-order valence-electron chi connectivity index (χ0n) is 10.7. The summed E-state index contributed by atoms with van der Waals surface area (Å²) in [5, 5.41) is 0. The third kappa shape index (κ3) is 2.51. The lowest BCUT2D eigenvalue weighted by molar-refractivity contribution is 0.0901. The van der Waals surface area contributed by atoms with Crippen LogP contribution in [0.25, 0.3) is 0 Å². The van der Waals surface area contributed by atoms with Crippen LogP contribution in [-0.4, -0.2) is 5.78 Å². The van der Waals surface area contributed by atoms with Gasteiger partial charge in [0.2, 0.25) is 0 Å². The molecule has 0 amide bonds. The van der Waals surface area contributed by atoms with E-state index < -0.39 is 0 Å². The lowest BCUT2D eigenvalue weighted by Gasteiger charge is -2.40. The Bertz CT molecular complexity index is 412. The molecule has 0 aromatic carbocycles. The van der Waals surface area contributed by atoms with Crippen LogP contribution in [0.4, 0.5) is 0 Å². The van der Waals surface area contributed by atoms with E-state index in [9.17, 15) is 4.79 Å². The predicted molar refractivity (Wildman–Crippen MR) is 67.9 cm³/mol. The van der Waals surface area contributed by atoms with Crippen molar-refractivity contribution in [3.8, 4) is 0 Å². The van der Waals surface area contributed by atoms with Crippen LogP contribution >= 0.6 is 0 Å². The number of Topliss-reactive ketones (excluding diaryl/α,β-unsaturated/α-hetero) is 1. The van der Waals surface area contributed by atoms with Gasteiger partial charge in [-0.2, -0.15) is 0 Å². The summed E-state index contributed by atoms with van der Waals surface area (Å²) in [5.41, 5.74) is 2.10. The smallest absolute Gasteiger partial charge is 0.166 e. The number of hydrogen-bond acceptors (Lipinski definition) is 2. The lowest BCUT2D eigenvalue weighted by atomic mass is 9.65. The van der Waals surface area contributed by atoms with Gasteiger partial charge in [0.1, 0.15) is 6.26 Å². The van der Waals surface area contributed by atoms with Gasteiger partial charge in [0, 0.05) is 6.42 Å². The largest absolute Gasteiger partial charge is 0.472 e. The molecule has 2 rings (SSSR count). The minimum Gasteiger partial charge on any atom is -0.472 e. The molecule has 2 heteroatoms. The van der Waals surface area contributed by atoms with Crippen molar-refractivity contribution in [3.05, 3.63) is 36.3 Å². The highest BCUT2D eigenvalue weighted by Gasteiger charge is 2.35. The summed E-state index contributed by atoms with van der Waals surface area (Å²) in [6.07, 6.45) is 7.07. The van der Waals surface area contributed by atoms with E-state index in [0.29, 0.717) is 17.9 Å². The molecule has 1 fully saturated rings. The first-order valence-electron chi connectivity index (χ1n) is 6.24. The maximum Gasteiger partial charge on any atom is 0.166 e. The van der Waals surface area contributed by atoms with Crippen LogP contribution < -0.4 is 0 Å². The van der Waals surface area contributed by atoms with Crippen LogP contribution in [0.1, 0.15) is 49.9 Å². The van der Waals surface area contributed by atoms with E-state index in [2.05, 4.69) is 20.4 Å².